The summed E-state index contributed by atoms with van der Waals surface area (Å²) in [6.45, 7) is 0. The highest BCUT2D eigenvalue weighted by atomic mass is 127. The van der Waals surface area contributed by atoms with Crippen molar-refractivity contribution >= 4 is 44.2 Å². The summed E-state index contributed by atoms with van der Waals surface area (Å²) in [7, 11) is 0. The molecule has 2 N–H and O–H groups in total. The Balaban J connectivity index is 3.34. The Bertz CT molecular complexity index is 237. The van der Waals surface area contributed by atoms with Crippen molar-refractivity contribution < 1.29 is 4.39 Å². The zero-order chi connectivity index (χ0) is 7.72. The lowest BCUT2D eigenvalue weighted by molar-refractivity contribution is 0.624. The number of halogens is 3. The van der Waals surface area contributed by atoms with Crippen LogP contribution >= 0.6 is 38.5 Å². The van der Waals surface area contributed by atoms with Gasteiger partial charge in [-0.2, -0.15) is 0 Å². The Kier molecular flexibility index (Phi) is 2.51. The van der Waals surface area contributed by atoms with Crippen molar-refractivity contribution in [3.05, 3.63) is 26.0 Å². The van der Waals surface area contributed by atoms with Gasteiger partial charge in [0.15, 0.2) is 5.82 Å². The first-order chi connectivity index (χ1) is 4.63. The van der Waals surface area contributed by atoms with Crippen LogP contribution in [-0.2, 0) is 0 Å². The Hall–Kier alpha value is 0.160. The predicted octanol–water partition coefficient (Wildman–Crippen LogP) is 2.78. The number of nitrogen functional groups attached to an aromatic ring is 1. The Labute approximate surface area is 80.1 Å². The second kappa shape index (κ2) is 3.04. The average Bonchev–Trinajstić information content (AvgIpc) is 1.93. The summed E-state index contributed by atoms with van der Waals surface area (Å²) in [6.07, 6.45) is 0. The van der Waals surface area contributed by atoms with E-state index in [1.165, 1.54) is 0 Å². The van der Waals surface area contributed by atoms with Crippen LogP contribution in [0, 0.1) is 9.39 Å². The summed E-state index contributed by atoms with van der Waals surface area (Å²) in [5.41, 5.74) is 5.53. The van der Waals surface area contributed by atoms with Crippen LogP contribution in [0.4, 0.5) is 10.1 Å². The van der Waals surface area contributed by atoms with Crippen LogP contribution in [0.2, 0.25) is 0 Å². The van der Waals surface area contributed by atoms with E-state index in [9.17, 15) is 4.39 Å². The van der Waals surface area contributed by atoms with Crippen LogP contribution in [0.1, 0.15) is 0 Å². The Morgan fingerprint density at radius 2 is 2.10 bits per heavy atom. The molecule has 0 aliphatic carbocycles. The summed E-state index contributed by atoms with van der Waals surface area (Å²) >= 11 is 5.00. The number of hydrogen-bond acceptors (Lipinski definition) is 1. The van der Waals surface area contributed by atoms with Crippen molar-refractivity contribution in [1.82, 2.24) is 0 Å². The van der Waals surface area contributed by atoms with Crippen LogP contribution in [-0.4, -0.2) is 0 Å². The zero-order valence-corrected chi connectivity index (χ0v) is 8.61. The highest BCUT2D eigenvalue weighted by Gasteiger charge is 2.05. The van der Waals surface area contributed by atoms with Gasteiger partial charge in [0, 0.05) is 4.47 Å². The van der Waals surface area contributed by atoms with E-state index in [1.807, 2.05) is 22.6 Å². The maximum Gasteiger partial charge on any atom is 0.160 e. The first-order valence-electron chi connectivity index (χ1n) is 2.52. The van der Waals surface area contributed by atoms with E-state index in [4.69, 9.17) is 5.73 Å². The first kappa shape index (κ1) is 8.26. The van der Waals surface area contributed by atoms with Crippen molar-refractivity contribution in [2.24, 2.45) is 0 Å². The third-order valence-corrected chi connectivity index (χ3v) is 2.60. The Morgan fingerprint density at radius 1 is 1.50 bits per heavy atom. The summed E-state index contributed by atoms with van der Waals surface area (Å²) in [5.74, 6) is -0.352. The Morgan fingerprint density at radius 3 is 2.60 bits per heavy atom. The predicted molar refractivity (Wildman–Crippen MR) is 51.2 cm³/mol. The molecule has 54 valence electrons. The lowest BCUT2D eigenvalue weighted by atomic mass is 10.3. The molecule has 0 aliphatic heterocycles. The van der Waals surface area contributed by atoms with Gasteiger partial charge in [-0.25, -0.2) is 4.39 Å². The van der Waals surface area contributed by atoms with Gasteiger partial charge in [0.05, 0.1) is 9.26 Å². The fraction of sp³-hybridized carbons (Fsp3) is 0. The molecule has 0 heterocycles. The number of nitrogens with two attached hydrogens (primary N) is 1. The van der Waals surface area contributed by atoms with Crippen LogP contribution in [0.15, 0.2) is 16.6 Å². The van der Waals surface area contributed by atoms with Gasteiger partial charge in [0.1, 0.15) is 0 Å². The molecule has 0 saturated carbocycles. The maximum absolute atomic E-state index is 12.8. The van der Waals surface area contributed by atoms with Crippen LogP contribution in [0.5, 0.6) is 0 Å². The number of rotatable bonds is 0. The third kappa shape index (κ3) is 1.42. The molecule has 0 aliphatic rings. The summed E-state index contributed by atoms with van der Waals surface area (Å²) in [4.78, 5) is 0. The van der Waals surface area contributed by atoms with Gasteiger partial charge in [0.25, 0.3) is 0 Å². The van der Waals surface area contributed by atoms with Crippen molar-refractivity contribution in [1.29, 1.82) is 0 Å². The van der Waals surface area contributed by atoms with E-state index in [1.54, 1.807) is 12.1 Å². The minimum atomic E-state index is -0.352. The van der Waals surface area contributed by atoms with Gasteiger partial charge >= 0.3 is 0 Å². The third-order valence-electron chi connectivity index (χ3n) is 1.08. The molecule has 0 unspecified atom stereocenters. The molecule has 0 fully saturated rings. The fourth-order valence-corrected chi connectivity index (χ4v) is 1.32. The maximum atomic E-state index is 12.8. The SMILES string of the molecule is Nc1c(Br)ccc(I)c1F. The van der Waals surface area contributed by atoms with Crippen molar-refractivity contribution in [3.63, 3.8) is 0 Å². The fourth-order valence-electron chi connectivity index (χ4n) is 0.543. The molecule has 1 nitrogen and oxygen atoms in total. The lowest BCUT2D eigenvalue weighted by Crippen LogP contribution is -1.93. The number of anilines is 1. The monoisotopic (exact) mass is 315 g/mol. The minimum absolute atomic E-state index is 0.173. The van der Waals surface area contributed by atoms with E-state index in [0.29, 0.717) is 8.04 Å². The molecular formula is C6H4BrFIN. The molecule has 0 spiro atoms. The topological polar surface area (TPSA) is 26.0 Å². The molecule has 10 heavy (non-hydrogen) atoms. The van der Waals surface area contributed by atoms with Crippen molar-refractivity contribution in [2.45, 2.75) is 0 Å². The molecule has 0 radical (unpaired) electrons. The second-order valence-corrected chi connectivity index (χ2v) is 3.77. The molecule has 1 rings (SSSR count). The molecule has 0 amide bonds. The lowest BCUT2D eigenvalue weighted by Gasteiger charge is -1.99. The number of hydrogen-bond donors (Lipinski definition) is 1. The normalized spacial score (nSPS) is 9.90. The van der Waals surface area contributed by atoms with Gasteiger partial charge in [-0.05, 0) is 50.7 Å². The van der Waals surface area contributed by atoms with Crippen LogP contribution < -0.4 is 5.73 Å². The summed E-state index contributed by atoms with van der Waals surface area (Å²) in [5, 5.41) is 0. The molecule has 0 aromatic heterocycles. The first-order valence-corrected chi connectivity index (χ1v) is 4.39. The minimum Gasteiger partial charge on any atom is -0.395 e. The van der Waals surface area contributed by atoms with Crippen LogP contribution in [0.25, 0.3) is 0 Å². The highest BCUT2D eigenvalue weighted by Crippen LogP contribution is 2.25. The highest BCUT2D eigenvalue weighted by molar-refractivity contribution is 14.1. The van der Waals surface area contributed by atoms with Gasteiger partial charge in [-0.1, -0.05) is 0 Å². The molecule has 1 aromatic carbocycles. The van der Waals surface area contributed by atoms with Crippen molar-refractivity contribution in [2.75, 3.05) is 5.73 Å². The van der Waals surface area contributed by atoms with Gasteiger partial charge in [-0.15, -0.1) is 0 Å². The quantitative estimate of drug-likeness (QED) is 0.445. The van der Waals surface area contributed by atoms with E-state index in [-0.39, 0.29) is 11.5 Å². The summed E-state index contributed by atoms with van der Waals surface area (Å²) in [6, 6.07) is 3.39. The largest absolute Gasteiger partial charge is 0.395 e. The molecular weight excluding hydrogens is 312 g/mol. The summed E-state index contributed by atoms with van der Waals surface area (Å²) < 4.78 is 14.0. The van der Waals surface area contributed by atoms with Gasteiger partial charge < -0.3 is 5.73 Å². The van der Waals surface area contributed by atoms with Crippen molar-refractivity contribution in [3.8, 4) is 0 Å². The zero-order valence-electron chi connectivity index (χ0n) is 4.87. The van der Waals surface area contributed by atoms with Gasteiger partial charge in [0.2, 0.25) is 0 Å². The average molecular weight is 316 g/mol. The second-order valence-electron chi connectivity index (χ2n) is 1.76. The molecule has 0 bridgehead atoms. The van der Waals surface area contributed by atoms with E-state index in [2.05, 4.69) is 15.9 Å². The molecule has 4 heteroatoms. The molecule has 1 aromatic rings. The van der Waals surface area contributed by atoms with Gasteiger partial charge in [-0.3, -0.25) is 0 Å². The van der Waals surface area contributed by atoms with E-state index < -0.39 is 0 Å². The molecule has 0 saturated heterocycles. The molecule has 0 atom stereocenters. The smallest absolute Gasteiger partial charge is 0.160 e. The standard InChI is InChI=1S/C6H4BrFIN/c7-3-1-2-4(9)5(8)6(3)10/h1-2H,10H2. The number of benzene rings is 1. The van der Waals surface area contributed by atoms with E-state index >= 15 is 0 Å². The van der Waals surface area contributed by atoms with E-state index in [0.717, 1.165) is 0 Å². The van der Waals surface area contributed by atoms with Crippen LogP contribution in [0.3, 0.4) is 0 Å².